The first-order valence-corrected chi connectivity index (χ1v) is 15.9. The summed E-state index contributed by atoms with van der Waals surface area (Å²) < 4.78 is 2.39. The van der Waals surface area contributed by atoms with Crippen molar-refractivity contribution in [3.8, 4) is 39.9 Å². The van der Waals surface area contributed by atoms with E-state index < -0.39 is 0 Å². The van der Waals surface area contributed by atoms with Crippen LogP contribution in [-0.2, 0) is 0 Å². The van der Waals surface area contributed by atoms with Crippen molar-refractivity contribution in [2.45, 2.75) is 0 Å². The molecule has 0 aliphatic heterocycles. The van der Waals surface area contributed by atoms with Crippen molar-refractivity contribution in [3.05, 3.63) is 157 Å². The highest BCUT2D eigenvalue weighted by Gasteiger charge is 2.20. The Labute approximate surface area is 270 Å². The minimum atomic E-state index is 0.641. The van der Waals surface area contributed by atoms with Crippen molar-refractivity contribution >= 4 is 55.5 Å². The number of hydrogen-bond donors (Lipinski definition) is 0. The van der Waals surface area contributed by atoms with Gasteiger partial charge in [-0.15, -0.1) is 0 Å². The largest absolute Gasteiger partial charge is 0.309 e. The van der Waals surface area contributed by atoms with E-state index >= 15 is 0 Å². The molecule has 0 amide bonds. The molecule has 0 atom stereocenters. The van der Waals surface area contributed by atoms with Crippen LogP contribution in [0.5, 0.6) is 0 Å². The summed E-state index contributed by atoms with van der Waals surface area (Å²) in [6.07, 6.45) is 4.50. The smallest absolute Gasteiger partial charge is 0.164 e. The fourth-order valence-electron chi connectivity index (χ4n) is 7.26. The maximum absolute atomic E-state index is 5.13. The molecule has 218 valence electrons. The third-order valence-electron chi connectivity index (χ3n) is 9.37. The lowest BCUT2D eigenvalue weighted by atomic mass is 10.00. The van der Waals surface area contributed by atoms with Crippen LogP contribution >= 0.6 is 0 Å². The number of fused-ring (bicyclic) bond motifs is 1. The Morgan fingerprint density at radius 3 is 1.94 bits per heavy atom. The summed E-state index contributed by atoms with van der Waals surface area (Å²) in [4.78, 5) is 15.2. The highest BCUT2D eigenvalue weighted by Crippen LogP contribution is 2.42. The molecule has 0 N–H and O–H groups in total. The van der Waals surface area contributed by atoms with E-state index in [1.54, 1.807) is 0 Å². The average molecular weight is 599 g/mol. The Morgan fingerprint density at radius 1 is 0.404 bits per heavy atom. The van der Waals surface area contributed by atoms with Crippen LogP contribution in [0.3, 0.4) is 0 Å². The summed E-state index contributed by atoms with van der Waals surface area (Å²) >= 11 is 0. The summed E-state index contributed by atoms with van der Waals surface area (Å²) in [7, 11) is 0. The predicted molar refractivity (Wildman–Crippen MR) is 194 cm³/mol. The number of rotatable bonds is 4. The molecule has 0 spiro atoms. The molecular formula is C43H26N4. The zero-order valence-corrected chi connectivity index (χ0v) is 25.3. The van der Waals surface area contributed by atoms with E-state index in [-0.39, 0.29) is 0 Å². The molecule has 0 bridgehead atoms. The van der Waals surface area contributed by atoms with Gasteiger partial charge in [0, 0.05) is 33.2 Å². The average Bonchev–Trinajstić information content (AvgIpc) is 3.39. The Balaban J connectivity index is 1.22. The van der Waals surface area contributed by atoms with Crippen LogP contribution in [0, 0.1) is 0 Å². The zero-order chi connectivity index (χ0) is 30.9. The van der Waals surface area contributed by atoms with Gasteiger partial charge in [-0.05, 0) is 56.9 Å². The van der Waals surface area contributed by atoms with E-state index in [1.807, 2.05) is 18.2 Å². The SMILES string of the molecule is C1=Cc2cccc3c2c2c4c1cccc4ccc2n3-c1cccc(-c2nc(-c3ccccc3)nc(-c3cccc4ccccc34)n2)c1. The molecule has 2 aromatic heterocycles. The minimum absolute atomic E-state index is 0.641. The van der Waals surface area contributed by atoms with E-state index in [1.165, 1.54) is 43.7 Å². The van der Waals surface area contributed by atoms with Crippen molar-refractivity contribution in [1.82, 2.24) is 19.5 Å². The van der Waals surface area contributed by atoms with Crippen LogP contribution < -0.4 is 0 Å². The fourth-order valence-corrected chi connectivity index (χ4v) is 7.26. The second-order valence-electron chi connectivity index (χ2n) is 12.1. The van der Waals surface area contributed by atoms with Crippen LogP contribution in [0.1, 0.15) is 11.1 Å². The number of nitrogens with zero attached hydrogens (tertiary/aromatic N) is 4. The first-order valence-electron chi connectivity index (χ1n) is 15.9. The first kappa shape index (κ1) is 25.9. The molecule has 0 saturated carbocycles. The molecule has 0 radical (unpaired) electrons. The normalized spacial score (nSPS) is 12.2. The summed E-state index contributed by atoms with van der Waals surface area (Å²) in [5.41, 5.74) is 8.78. The third kappa shape index (κ3) is 3.98. The van der Waals surface area contributed by atoms with Crippen molar-refractivity contribution in [2.75, 3.05) is 0 Å². The molecule has 0 saturated heterocycles. The van der Waals surface area contributed by atoms with E-state index in [0.29, 0.717) is 17.5 Å². The first-order chi connectivity index (χ1) is 23.3. The van der Waals surface area contributed by atoms with E-state index in [0.717, 1.165) is 33.2 Å². The van der Waals surface area contributed by atoms with E-state index in [4.69, 9.17) is 15.0 Å². The molecule has 10 rings (SSSR count). The lowest BCUT2D eigenvalue weighted by Gasteiger charge is -2.13. The highest BCUT2D eigenvalue weighted by molar-refractivity contribution is 6.26. The summed E-state index contributed by atoms with van der Waals surface area (Å²) in [6.45, 7) is 0. The summed E-state index contributed by atoms with van der Waals surface area (Å²) in [5.74, 6) is 1.95. The van der Waals surface area contributed by atoms with Crippen LogP contribution in [0.15, 0.2) is 146 Å². The monoisotopic (exact) mass is 598 g/mol. The lowest BCUT2D eigenvalue weighted by Crippen LogP contribution is -2.01. The van der Waals surface area contributed by atoms with Gasteiger partial charge in [-0.3, -0.25) is 0 Å². The molecule has 4 nitrogen and oxygen atoms in total. The van der Waals surface area contributed by atoms with E-state index in [2.05, 4.69) is 144 Å². The summed E-state index contributed by atoms with van der Waals surface area (Å²) in [5, 5.41) is 7.40. The Bertz CT molecular complexity index is 2730. The molecule has 1 aliphatic carbocycles. The minimum Gasteiger partial charge on any atom is -0.309 e. The fraction of sp³-hybridized carbons (Fsp3) is 0. The van der Waals surface area contributed by atoms with E-state index in [9.17, 15) is 0 Å². The highest BCUT2D eigenvalue weighted by atomic mass is 15.0. The van der Waals surface area contributed by atoms with Gasteiger partial charge < -0.3 is 4.57 Å². The quantitative estimate of drug-likeness (QED) is 0.202. The predicted octanol–water partition coefficient (Wildman–Crippen LogP) is 10.8. The second kappa shape index (κ2) is 10.1. The summed E-state index contributed by atoms with van der Waals surface area (Å²) in [6, 6.07) is 51.1. The van der Waals surface area contributed by atoms with Gasteiger partial charge in [0.25, 0.3) is 0 Å². The van der Waals surface area contributed by atoms with Crippen molar-refractivity contribution in [2.24, 2.45) is 0 Å². The van der Waals surface area contributed by atoms with Gasteiger partial charge in [0.2, 0.25) is 0 Å². The maximum Gasteiger partial charge on any atom is 0.164 e. The van der Waals surface area contributed by atoms with Gasteiger partial charge >= 0.3 is 0 Å². The molecule has 7 aromatic carbocycles. The molecule has 4 heteroatoms. The van der Waals surface area contributed by atoms with Gasteiger partial charge in [-0.25, -0.2) is 15.0 Å². The van der Waals surface area contributed by atoms with Crippen LogP contribution in [0.4, 0.5) is 0 Å². The molecule has 1 aliphatic rings. The topological polar surface area (TPSA) is 43.6 Å². The second-order valence-corrected chi connectivity index (χ2v) is 12.1. The lowest BCUT2D eigenvalue weighted by molar-refractivity contribution is 1.07. The molecule has 0 unspecified atom stereocenters. The van der Waals surface area contributed by atoms with Crippen LogP contribution in [0.25, 0.3) is 95.4 Å². The van der Waals surface area contributed by atoms with Gasteiger partial charge in [0.15, 0.2) is 17.5 Å². The van der Waals surface area contributed by atoms with Crippen LogP contribution in [-0.4, -0.2) is 19.5 Å². The Hall–Kier alpha value is -6.39. The number of aromatic nitrogens is 4. The Kier molecular flexibility index (Phi) is 5.54. The van der Waals surface area contributed by atoms with Crippen LogP contribution in [0.2, 0.25) is 0 Å². The molecular weight excluding hydrogens is 573 g/mol. The van der Waals surface area contributed by atoms with Crippen molar-refractivity contribution in [3.63, 3.8) is 0 Å². The molecule has 2 heterocycles. The van der Waals surface area contributed by atoms with Crippen molar-refractivity contribution < 1.29 is 0 Å². The van der Waals surface area contributed by atoms with Gasteiger partial charge in [-0.1, -0.05) is 133 Å². The van der Waals surface area contributed by atoms with Gasteiger partial charge in [-0.2, -0.15) is 0 Å². The van der Waals surface area contributed by atoms with Gasteiger partial charge in [0.1, 0.15) is 0 Å². The number of hydrogen-bond acceptors (Lipinski definition) is 3. The molecule has 9 aromatic rings. The maximum atomic E-state index is 5.13. The van der Waals surface area contributed by atoms with Crippen molar-refractivity contribution in [1.29, 1.82) is 0 Å². The Morgan fingerprint density at radius 2 is 1.04 bits per heavy atom. The number of benzene rings is 7. The standard InChI is InChI=1S/C43H26N4/c1-2-11-31(12-3-1)41-44-42(46-43(45-41)35-20-8-13-27-10-4-5-19-34(27)35)32-17-7-18-33(26-32)47-36-21-9-16-30-23-22-28-14-6-15-29-24-25-37(47)40(38(28)29)39(30)36/h1-26H. The zero-order valence-electron chi connectivity index (χ0n) is 25.3. The molecule has 0 fully saturated rings. The van der Waals surface area contributed by atoms with Gasteiger partial charge in [0.05, 0.1) is 11.0 Å². The molecule has 47 heavy (non-hydrogen) atoms. The third-order valence-corrected chi connectivity index (χ3v) is 9.37.